The van der Waals surface area contributed by atoms with Crippen LogP contribution in [0, 0.1) is 0 Å². The first kappa shape index (κ1) is 13.3. The summed E-state index contributed by atoms with van der Waals surface area (Å²) >= 11 is 0. The molecular formula is C16H22N4. The minimum atomic E-state index is 0.531. The first-order valence-corrected chi connectivity index (χ1v) is 7.31. The van der Waals surface area contributed by atoms with Crippen LogP contribution in [0.1, 0.15) is 19.7 Å². The molecule has 1 N–H and O–H groups in total. The first-order chi connectivity index (χ1) is 9.75. The molecule has 4 heteroatoms. The number of para-hydroxylation sites is 1. The van der Waals surface area contributed by atoms with Crippen LogP contribution >= 0.6 is 0 Å². The van der Waals surface area contributed by atoms with Crippen LogP contribution in [0.4, 0.5) is 0 Å². The highest BCUT2D eigenvalue weighted by Gasteiger charge is 2.25. The van der Waals surface area contributed by atoms with Gasteiger partial charge in [0.1, 0.15) is 5.82 Å². The fourth-order valence-electron chi connectivity index (χ4n) is 2.81. The smallest absolute Gasteiger partial charge is 0.127 e. The summed E-state index contributed by atoms with van der Waals surface area (Å²) in [5, 5.41) is 3.52. The summed E-state index contributed by atoms with van der Waals surface area (Å²) < 4.78 is 2.18. The second-order valence-corrected chi connectivity index (χ2v) is 5.50. The molecule has 1 aromatic carbocycles. The van der Waals surface area contributed by atoms with Crippen molar-refractivity contribution in [3.8, 4) is 5.69 Å². The van der Waals surface area contributed by atoms with Crippen molar-refractivity contribution in [2.45, 2.75) is 32.5 Å². The first-order valence-electron chi connectivity index (χ1n) is 7.31. The lowest BCUT2D eigenvalue weighted by molar-refractivity contribution is 0.127. The Morgan fingerprint density at radius 1 is 1.25 bits per heavy atom. The zero-order valence-electron chi connectivity index (χ0n) is 12.2. The Hall–Kier alpha value is -1.65. The molecule has 2 heterocycles. The van der Waals surface area contributed by atoms with Gasteiger partial charge in [-0.05, 0) is 26.0 Å². The monoisotopic (exact) mass is 270 g/mol. The van der Waals surface area contributed by atoms with Crippen LogP contribution in [0.3, 0.4) is 0 Å². The van der Waals surface area contributed by atoms with Crippen molar-refractivity contribution < 1.29 is 0 Å². The van der Waals surface area contributed by atoms with E-state index in [0.29, 0.717) is 12.1 Å². The van der Waals surface area contributed by atoms with E-state index in [4.69, 9.17) is 0 Å². The van der Waals surface area contributed by atoms with Crippen LogP contribution < -0.4 is 5.32 Å². The normalized spacial score (nSPS) is 23.9. The maximum atomic E-state index is 4.55. The second kappa shape index (κ2) is 5.77. The number of imidazole rings is 1. The van der Waals surface area contributed by atoms with Crippen LogP contribution in [0.25, 0.3) is 5.69 Å². The summed E-state index contributed by atoms with van der Waals surface area (Å²) in [7, 11) is 0. The second-order valence-electron chi connectivity index (χ2n) is 5.50. The number of piperazine rings is 1. The van der Waals surface area contributed by atoms with E-state index in [0.717, 1.165) is 25.5 Å². The van der Waals surface area contributed by atoms with E-state index in [1.165, 1.54) is 5.69 Å². The number of hydrogen-bond donors (Lipinski definition) is 1. The van der Waals surface area contributed by atoms with E-state index in [1.54, 1.807) is 0 Å². The predicted molar refractivity (Wildman–Crippen MR) is 80.9 cm³/mol. The van der Waals surface area contributed by atoms with Crippen LogP contribution in [0.15, 0.2) is 42.7 Å². The summed E-state index contributed by atoms with van der Waals surface area (Å²) in [5.41, 5.74) is 1.18. The largest absolute Gasteiger partial charge is 0.311 e. The standard InChI is InChI=1S/C16H22N4/c1-13-14(2)19(10-8-17-13)12-16-18-9-11-20(16)15-6-4-3-5-7-15/h3-7,9,11,13-14,17H,8,10,12H2,1-2H3. The van der Waals surface area contributed by atoms with E-state index in [2.05, 4.69) is 57.9 Å². The molecule has 2 aromatic rings. The number of aromatic nitrogens is 2. The molecule has 2 unspecified atom stereocenters. The quantitative estimate of drug-likeness (QED) is 0.926. The van der Waals surface area contributed by atoms with Gasteiger partial charge in [-0.25, -0.2) is 4.98 Å². The van der Waals surface area contributed by atoms with Crippen molar-refractivity contribution in [1.82, 2.24) is 19.8 Å². The molecule has 0 saturated carbocycles. The molecule has 20 heavy (non-hydrogen) atoms. The highest BCUT2D eigenvalue weighted by atomic mass is 15.3. The topological polar surface area (TPSA) is 33.1 Å². The Morgan fingerprint density at radius 2 is 2.05 bits per heavy atom. The average Bonchev–Trinajstić information content (AvgIpc) is 2.93. The molecule has 1 saturated heterocycles. The fourth-order valence-corrected chi connectivity index (χ4v) is 2.81. The molecule has 1 fully saturated rings. The third kappa shape index (κ3) is 2.62. The van der Waals surface area contributed by atoms with Gasteiger partial charge in [0.2, 0.25) is 0 Å². The van der Waals surface area contributed by atoms with Gasteiger partial charge in [0.15, 0.2) is 0 Å². The maximum absolute atomic E-state index is 4.55. The molecule has 1 aromatic heterocycles. The Kier molecular flexibility index (Phi) is 3.85. The fraction of sp³-hybridized carbons (Fsp3) is 0.438. The molecule has 3 rings (SSSR count). The SMILES string of the molecule is CC1NCCN(Cc2nccn2-c2ccccc2)C1C. The minimum absolute atomic E-state index is 0.531. The van der Waals surface area contributed by atoms with Gasteiger partial charge < -0.3 is 9.88 Å². The molecule has 2 atom stereocenters. The van der Waals surface area contributed by atoms with Crippen LogP contribution in [-0.4, -0.2) is 39.6 Å². The van der Waals surface area contributed by atoms with Crippen molar-refractivity contribution >= 4 is 0 Å². The van der Waals surface area contributed by atoms with E-state index in [9.17, 15) is 0 Å². The van der Waals surface area contributed by atoms with E-state index in [-0.39, 0.29) is 0 Å². The summed E-state index contributed by atoms with van der Waals surface area (Å²) in [4.78, 5) is 7.05. The van der Waals surface area contributed by atoms with Crippen LogP contribution in [0.5, 0.6) is 0 Å². The Balaban J connectivity index is 1.80. The van der Waals surface area contributed by atoms with Crippen molar-refractivity contribution in [2.24, 2.45) is 0 Å². The highest BCUT2D eigenvalue weighted by molar-refractivity contribution is 5.32. The number of nitrogens with one attached hydrogen (secondary N) is 1. The van der Waals surface area contributed by atoms with Crippen LogP contribution in [-0.2, 0) is 6.54 Å². The van der Waals surface area contributed by atoms with E-state index in [1.807, 2.05) is 18.5 Å². The Labute approximate surface area is 120 Å². The number of benzene rings is 1. The third-order valence-electron chi connectivity index (χ3n) is 4.26. The lowest BCUT2D eigenvalue weighted by Crippen LogP contribution is -2.54. The number of rotatable bonds is 3. The molecule has 4 nitrogen and oxygen atoms in total. The maximum Gasteiger partial charge on any atom is 0.127 e. The molecule has 1 aliphatic heterocycles. The average molecular weight is 270 g/mol. The molecule has 0 amide bonds. The molecule has 1 aliphatic rings. The van der Waals surface area contributed by atoms with Gasteiger partial charge in [-0.3, -0.25) is 4.90 Å². The van der Waals surface area contributed by atoms with Gasteiger partial charge in [-0.1, -0.05) is 18.2 Å². The highest BCUT2D eigenvalue weighted by Crippen LogP contribution is 2.16. The molecule has 0 aliphatic carbocycles. The molecule has 0 spiro atoms. The molecule has 0 radical (unpaired) electrons. The lowest BCUT2D eigenvalue weighted by Gasteiger charge is -2.38. The van der Waals surface area contributed by atoms with Crippen LogP contribution in [0.2, 0.25) is 0 Å². The molecule has 106 valence electrons. The minimum Gasteiger partial charge on any atom is -0.311 e. The van der Waals surface area contributed by atoms with Crippen molar-refractivity contribution in [3.63, 3.8) is 0 Å². The van der Waals surface area contributed by atoms with Crippen molar-refractivity contribution in [3.05, 3.63) is 48.5 Å². The Morgan fingerprint density at radius 3 is 2.85 bits per heavy atom. The third-order valence-corrected chi connectivity index (χ3v) is 4.26. The van der Waals surface area contributed by atoms with Gasteiger partial charge in [-0.2, -0.15) is 0 Å². The van der Waals surface area contributed by atoms with Crippen molar-refractivity contribution in [1.29, 1.82) is 0 Å². The molecule has 0 bridgehead atoms. The summed E-state index contributed by atoms with van der Waals surface area (Å²) in [6.07, 6.45) is 3.93. The Bertz CT molecular complexity index is 549. The lowest BCUT2D eigenvalue weighted by atomic mass is 10.1. The van der Waals surface area contributed by atoms with Gasteiger partial charge in [0.25, 0.3) is 0 Å². The number of hydrogen-bond acceptors (Lipinski definition) is 3. The van der Waals surface area contributed by atoms with Gasteiger partial charge in [0, 0.05) is 43.3 Å². The van der Waals surface area contributed by atoms with Crippen molar-refractivity contribution in [2.75, 3.05) is 13.1 Å². The van der Waals surface area contributed by atoms with Gasteiger partial charge in [0.05, 0.1) is 6.54 Å². The molecular weight excluding hydrogens is 248 g/mol. The van der Waals surface area contributed by atoms with Gasteiger partial charge >= 0.3 is 0 Å². The summed E-state index contributed by atoms with van der Waals surface area (Å²) in [6, 6.07) is 11.5. The van der Waals surface area contributed by atoms with E-state index < -0.39 is 0 Å². The number of nitrogens with zero attached hydrogens (tertiary/aromatic N) is 3. The summed E-state index contributed by atoms with van der Waals surface area (Å²) in [5.74, 6) is 1.11. The zero-order chi connectivity index (χ0) is 13.9. The van der Waals surface area contributed by atoms with E-state index >= 15 is 0 Å². The summed E-state index contributed by atoms with van der Waals surface area (Å²) in [6.45, 7) is 7.56. The van der Waals surface area contributed by atoms with Gasteiger partial charge in [-0.15, -0.1) is 0 Å². The zero-order valence-corrected chi connectivity index (χ0v) is 12.2. The predicted octanol–water partition coefficient (Wildman–Crippen LogP) is 2.05.